The maximum atomic E-state index is 12.7. The summed E-state index contributed by atoms with van der Waals surface area (Å²) in [7, 11) is 0. The van der Waals surface area contributed by atoms with E-state index in [0.717, 1.165) is 23.1 Å². The summed E-state index contributed by atoms with van der Waals surface area (Å²) in [5, 5.41) is 18.0. The fraction of sp³-hybridized carbons (Fsp3) is 0.0870. The first-order valence-electron chi connectivity index (χ1n) is 9.99. The maximum Gasteiger partial charge on any atom is 0.442 e. The molecule has 0 aliphatic carbocycles. The second-order valence-electron chi connectivity index (χ2n) is 6.99. The minimum absolute atomic E-state index is 0.108. The van der Waals surface area contributed by atoms with Gasteiger partial charge in [-0.3, -0.25) is 14.1 Å². The van der Waals surface area contributed by atoms with Crippen LogP contribution in [0.15, 0.2) is 75.0 Å². The van der Waals surface area contributed by atoms with E-state index in [9.17, 15) is 19.6 Å². The molecule has 0 unspecified atom stereocenters. The minimum Gasteiger partial charge on any atom is -0.321 e. The summed E-state index contributed by atoms with van der Waals surface area (Å²) in [6.07, 6.45) is 0. The molecular formula is C23H18N5O4S2+. The number of hydrogen-bond donors (Lipinski definition) is 3. The van der Waals surface area contributed by atoms with E-state index in [4.69, 9.17) is 4.52 Å². The number of amides is 2. The minimum atomic E-state index is -0.605. The van der Waals surface area contributed by atoms with Gasteiger partial charge in [0, 0.05) is 17.8 Å². The molecule has 0 aliphatic rings. The first kappa shape index (κ1) is 23.0. The number of aromatic amines is 1. The summed E-state index contributed by atoms with van der Waals surface area (Å²) >= 11 is 2.02. The zero-order chi connectivity index (χ0) is 24.1. The molecule has 9 nitrogen and oxygen atoms in total. The smallest absolute Gasteiger partial charge is 0.321 e. The second kappa shape index (κ2) is 10.2. The van der Waals surface area contributed by atoms with E-state index < -0.39 is 11.5 Å². The number of carbonyl (C=O) groups excluding carboxylic acids is 2. The van der Waals surface area contributed by atoms with Crippen LogP contribution >= 0.6 is 23.1 Å². The fourth-order valence-corrected chi connectivity index (χ4v) is 4.93. The van der Waals surface area contributed by atoms with Gasteiger partial charge >= 0.3 is 10.7 Å². The summed E-state index contributed by atoms with van der Waals surface area (Å²) in [5.41, 5.74) is 1.40. The zero-order valence-corrected chi connectivity index (χ0v) is 19.5. The Morgan fingerprint density at radius 1 is 1.12 bits per heavy atom. The van der Waals surface area contributed by atoms with Crippen molar-refractivity contribution in [2.75, 3.05) is 16.4 Å². The molecule has 2 amide bonds. The van der Waals surface area contributed by atoms with E-state index in [1.54, 1.807) is 43.3 Å². The highest BCUT2D eigenvalue weighted by Crippen LogP contribution is 2.33. The van der Waals surface area contributed by atoms with Gasteiger partial charge in [0.05, 0.1) is 16.2 Å². The first-order chi connectivity index (χ1) is 16.5. The lowest BCUT2D eigenvalue weighted by atomic mass is 10.1. The van der Waals surface area contributed by atoms with Gasteiger partial charge in [-0.25, -0.2) is 4.79 Å². The van der Waals surface area contributed by atoms with E-state index in [1.165, 1.54) is 4.68 Å². The van der Waals surface area contributed by atoms with Gasteiger partial charge in [0.2, 0.25) is 11.6 Å². The van der Waals surface area contributed by atoms with E-state index in [0.29, 0.717) is 21.8 Å². The van der Waals surface area contributed by atoms with Gasteiger partial charge in [-0.2, -0.15) is 5.26 Å². The molecule has 0 saturated heterocycles. The molecule has 0 aliphatic heterocycles. The van der Waals surface area contributed by atoms with Gasteiger partial charge in [0.15, 0.2) is 0 Å². The van der Waals surface area contributed by atoms with Crippen LogP contribution in [0, 0.1) is 18.3 Å². The number of H-pyrrole nitrogens is 1. The summed E-state index contributed by atoms with van der Waals surface area (Å²) in [4.78, 5) is 37.8. The lowest BCUT2D eigenvalue weighted by Gasteiger charge is -2.03. The van der Waals surface area contributed by atoms with Crippen LogP contribution in [0.4, 0.5) is 10.7 Å². The lowest BCUT2D eigenvalue weighted by molar-refractivity contribution is -0.704. The highest BCUT2D eigenvalue weighted by molar-refractivity contribution is 7.99. The van der Waals surface area contributed by atoms with Crippen LogP contribution in [0.25, 0.3) is 5.69 Å². The number of para-hydroxylation sites is 2. The third-order valence-electron chi connectivity index (χ3n) is 4.71. The molecule has 34 heavy (non-hydrogen) atoms. The molecule has 4 aromatic rings. The summed E-state index contributed by atoms with van der Waals surface area (Å²) in [6.45, 7) is 1.66. The van der Waals surface area contributed by atoms with E-state index in [-0.39, 0.29) is 27.3 Å². The highest BCUT2D eigenvalue weighted by atomic mass is 32.2. The van der Waals surface area contributed by atoms with Crippen molar-refractivity contribution >= 4 is 45.6 Å². The van der Waals surface area contributed by atoms with Crippen LogP contribution in [-0.4, -0.2) is 22.8 Å². The fourth-order valence-electron chi connectivity index (χ4n) is 3.09. The third kappa shape index (κ3) is 4.93. The standard InChI is InChI=1S/C23H17N5O4S2/c1-14-17(12-24)21(34-19(14)20(30)25-15-8-4-2-5-9-15)26-18(29)13-33-22-23(31)32-27-28(22)16-10-6-3-7-11-16/h2-11H,13H2,1H3,(H2-,25,26,27,29,30,31)/p+1. The molecular weight excluding hydrogens is 474 g/mol. The van der Waals surface area contributed by atoms with Crippen molar-refractivity contribution < 1.29 is 18.8 Å². The van der Waals surface area contributed by atoms with E-state index in [2.05, 4.69) is 22.0 Å². The Labute approximate surface area is 202 Å². The quantitative estimate of drug-likeness (QED) is 0.267. The largest absolute Gasteiger partial charge is 0.442 e. The molecule has 0 radical (unpaired) electrons. The number of nitriles is 1. The van der Waals surface area contributed by atoms with E-state index in [1.807, 2.05) is 24.3 Å². The Morgan fingerprint density at radius 3 is 2.47 bits per heavy atom. The van der Waals surface area contributed by atoms with Gasteiger partial charge in [-0.1, -0.05) is 36.4 Å². The molecule has 4 rings (SSSR count). The predicted molar refractivity (Wildman–Crippen MR) is 128 cm³/mol. The van der Waals surface area contributed by atoms with Crippen molar-refractivity contribution in [2.45, 2.75) is 11.9 Å². The molecule has 0 fully saturated rings. The zero-order valence-electron chi connectivity index (χ0n) is 17.8. The van der Waals surface area contributed by atoms with Crippen molar-refractivity contribution in [3.63, 3.8) is 0 Å². The van der Waals surface area contributed by atoms with Crippen LogP contribution in [0.1, 0.15) is 20.8 Å². The SMILES string of the molecule is Cc1c(C(=O)Nc2ccccc2)sc(NC(=O)CSc2c(=O)o[nH][n+]2-c2ccccc2)c1C#N. The van der Waals surface area contributed by atoms with Crippen LogP contribution in [0.3, 0.4) is 0 Å². The number of thioether (sulfide) groups is 1. The summed E-state index contributed by atoms with van der Waals surface area (Å²) in [5.74, 6) is -0.908. The lowest BCUT2D eigenvalue weighted by Crippen LogP contribution is -2.36. The first-order valence-corrected chi connectivity index (χ1v) is 11.8. The van der Waals surface area contributed by atoms with Crippen molar-refractivity contribution in [1.82, 2.24) is 5.27 Å². The predicted octanol–water partition coefficient (Wildman–Crippen LogP) is 3.47. The normalized spacial score (nSPS) is 10.5. The average molecular weight is 493 g/mol. The Hall–Kier alpha value is -4.14. The number of aromatic nitrogens is 2. The topological polar surface area (TPSA) is 132 Å². The van der Waals surface area contributed by atoms with Crippen molar-refractivity contribution in [3.05, 3.63) is 87.1 Å². The van der Waals surface area contributed by atoms with Gasteiger partial charge in [0.25, 0.3) is 5.91 Å². The van der Waals surface area contributed by atoms with Gasteiger partial charge in [-0.15, -0.1) is 11.3 Å². The number of nitrogens with one attached hydrogen (secondary N) is 3. The molecule has 170 valence electrons. The third-order valence-corrected chi connectivity index (χ3v) is 6.95. The molecule has 2 aromatic carbocycles. The number of anilines is 2. The molecule has 0 saturated carbocycles. The van der Waals surface area contributed by atoms with Crippen molar-refractivity contribution in [3.8, 4) is 11.8 Å². The van der Waals surface area contributed by atoms with Crippen LogP contribution < -0.4 is 20.9 Å². The Bertz CT molecular complexity index is 1440. The number of nitrogens with zero attached hydrogens (tertiary/aromatic N) is 2. The maximum absolute atomic E-state index is 12.7. The number of carbonyl (C=O) groups is 2. The highest BCUT2D eigenvalue weighted by Gasteiger charge is 2.26. The molecule has 0 spiro atoms. The number of benzene rings is 2. The molecule has 3 N–H and O–H groups in total. The van der Waals surface area contributed by atoms with Gasteiger partial charge < -0.3 is 10.6 Å². The number of thiophene rings is 1. The molecule has 0 bridgehead atoms. The van der Waals surface area contributed by atoms with Crippen LogP contribution in [0.5, 0.6) is 0 Å². The van der Waals surface area contributed by atoms with Crippen LogP contribution in [-0.2, 0) is 4.79 Å². The Balaban J connectivity index is 1.47. The van der Waals surface area contributed by atoms with Crippen LogP contribution in [0.2, 0.25) is 0 Å². The molecule has 0 atom stereocenters. The van der Waals surface area contributed by atoms with E-state index >= 15 is 0 Å². The Kier molecular flexibility index (Phi) is 6.91. The number of hydrogen-bond acceptors (Lipinski definition) is 7. The van der Waals surface area contributed by atoms with Crippen molar-refractivity contribution in [1.29, 1.82) is 5.26 Å². The monoisotopic (exact) mass is 492 g/mol. The second-order valence-corrected chi connectivity index (χ2v) is 8.97. The van der Waals surface area contributed by atoms with Crippen molar-refractivity contribution in [2.24, 2.45) is 0 Å². The molecule has 11 heteroatoms. The number of rotatable bonds is 7. The summed E-state index contributed by atoms with van der Waals surface area (Å²) in [6, 6.07) is 20.0. The van der Waals surface area contributed by atoms with Gasteiger partial charge in [-0.05, 0) is 46.3 Å². The molecule has 2 aromatic heterocycles. The molecule has 2 heterocycles. The average Bonchev–Trinajstić information content (AvgIpc) is 3.37. The summed E-state index contributed by atoms with van der Waals surface area (Å²) < 4.78 is 6.32. The Morgan fingerprint density at radius 2 is 1.79 bits per heavy atom. The van der Waals surface area contributed by atoms with Gasteiger partial charge in [0.1, 0.15) is 11.1 Å².